The van der Waals surface area contributed by atoms with Gasteiger partial charge in [-0.05, 0) is 37.1 Å². The van der Waals surface area contributed by atoms with Crippen LogP contribution in [0, 0.1) is 0 Å². The van der Waals surface area contributed by atoms with Crippen LogP contribution >= 0.6 is 23.2 Å². The minimum absolute atomic E-state index is 0.0860. The van der Waals surface area contributed by atoms with E-state index >= 15 is 0 Å². The second-order valence-corrected chi connectivity index (χ2v) is 9.81. The number of carbonyl (C=O) groups excluding carboxylic acids is 2. The molecule has 38 heavy (non-hydrogen) atoms. The Kier molecular flexibility index (Phi) is 10.7. The fourth-order valence-electron chi connectivity index (χ4n) is 3.86. The number of ether oxygens (including phenoxy) is 3. The van der Waals surface area contributed by atoms with Crippen LogP contribution in [0.25, 0.3) is 0 Å². The van der Waals surface area contributed by atoms with Crippen molar-refractivity contribution in [2.75, 3.05) is 20.8 Å². The molecule has 1 N–H and O–H groups in total. The predicted octanol–water partition coefficient (Wildman–Crippen LogP) is 5.55. The van der Waals surface area contributed by atoms with Crippen molar-refractivity contribution >= 4 is 35.0 Å². The van der Waals surface area contributed by atoms with Gasteiger partial charge >= 0.3 is 0 Å². The van der Waals surface area contributed by atoms with E-state index in [1.54, 1.807) is 36.4 Å². The summed E-state index contributed by atoms with van der Waals surface area (Å²) < 4.78 is 16.4. The molecule has 3 aromatic rings. The lowest BCUT2D eigenvalue weighted by Gasteiger charge is -2.32. The molecular weight excluding hydrogens is 527 g/mol. The minimum atomic E-state index is -0.817. The van der Waals surface area contributed by atoms with Crippen LogP contribution in [0.3, 0.4) is 0 Å². The lowest BCUT2D eigenvalue weighted by Crippen LogP contribution is -2.52. The maximum Gasteiger partial charge on any atom is 0.261 e. The summed E-state index contributed by atoms with van der Waals surface area (Å²) in [4.78, 5) is 28.7. The van der Waals surface area contributed by atoms with Crippen LogP contribution in [-0.2, 0) is 22.6 Å². The molecule has 9 heteroatoms. The largest absolute Gasteiger partial charge is 0.496 e. The highest BCUT2D eigenvalue weighted by atomic mass is 35.5. The summed E-state index contributed by atoms with van der Waals surface area (Å²) in [6.45, 7) is 3.52. The van der Waals surface area contributed by atoms with E-state index < -0.39 is 11.9 Å². The summed E-state index contributed by atoms with van der Waals surface area (Å²) >= 11 is 12.6. The van der Waals surface area contributed by atoms with E-state index in [4.69, 9.17) is 37.4 Å². The number of carbonyl (C=O) groups is 2. The van der Waals surface area contributed by atoms with E-state index in [1.165, 1.54) is 19.1 Å². The van der Waals surface area contributed by atoms with Crippen LogP contribution in [0.5, 0.6) is 17.2 Å². The van der Waals surface area contributed by atoms with Gasteiger partial charge in [-0.3, -0.25) is 9.59 Å². The summed E-state index contributed by atoms with van der Waals surface area (Å²) in [6.07, 6.45) is 0.309. The number of amides is 2. The number of nitrogens with one attached hydrogen (secondary N) is 1. The van der Waals surface area contributed by atoms with Crippen LogP contribution in [0.1, 0.15) is 25.0 Å². The number of halogens is 2. The van der Waals surface area contributed by atoms with Gasteiger partial charge in [-0.1, -0.05) is 59.6 Å². The van der Waals surface area contributed by atoms with Crippen molar-refractivity contribution < 1.29 is 23.8 Å². The zero-order valence-electron chi connectivity index (χ0n) is 21.9. The fraction of sp³-hybridized carbons (Fsp3) is 0.310. The van der Waals surface area contributed by atoms with Gasteiger partial charge in [-0.25, -0.2) is 0 Å². The molecule has 0 aliphatic heterocycles. The second-order valence-electron chi connectivity index (χ2n) is 8.96. The molecule has 0 aliphatic rings. The molecule has 0 aromatic heterocycles. The van der Waals surface area contributed by atoms with E-state index in [0.717, 1.165) is 5.56 Å². The first-order valence-electron chi connectivity index (χ1n) is 12.1. The summed E-state index contributed by atoms with van der Waals surface area (Å²) in [5.74, 6) is 0.776. The fourth-order valence-corrected chi connectivity index (χ4v) is 4.33. The maximum absolute atomic E-state index is 13.7. The first-order chi connectivity index (χ1) is 18.2. The molecule has 3 rings (SSSR count). The zero-order valence-corrected chi connectivity index (χ0v) is 23.4. The van der Waals surface area contributed by atoms with Crippen molar-refractivity contribution in [3.05, 3.63) is 87.9 Å². The van der Waals surface area contributed by atoms with E-state index in [-0.39, 0.29) is 25.1 Å². The molecule has 202 valence electrons. The number of hydrogen-bond acceptors (Lipinski definition) is 5. The van der Waals surface area contributed by atoms with Gasteiger partial charge in [0.15, 0.2) is 6.61 Å². The zero-order chi connectivity index (χ0) is 27.7. The highest BCUT2D eigenvalue weighted by Crippen LogP contribution is 2.28. The number of methoxy groups -OCH3 is 2. The highest BCUT2D eigenvalue weighted by molar-refractivity contribution is 6.35. The van der Waals surface area contributed by atoms with Gasteiger partial charge < -0.3 is 24.4 Å². The number of hydrogen-bond donors (Lipinski definition) is 1. The normalized spacial score (nSPS) is 11.6. The van der Waals surface area contributed by atoms with Gasteiger partial charge in [0.05, 0.1) is 14.2 Å². The van der Waals surface area contributed by atoms with Crippen LogP contribution in [-0.4, -0.2) is 49.6 Å². The third kappa shape index (κ3) is 8.30. The Hall–Kier alpha value is -3.42. The molecule has 3 aromatic carbocycles. The van der Waals surface area contributed by atoms with Gasteiger partial charge in [0, 0.05) is 47.3 Å². The van der Waals surface area contributed by atoms with E-state index in [9.17, 15) is 9.59 Å². The van der Waals surface area contributed by atoms with Crippen molar-refractivity contribution in [1.82, 2.24) is 10.2 Å². The number of rotatable bonds is 12. The molecule has 0 saturated carbocycles. The first kappa shape index (κ1) is 29.1. The predicted molar refractivity (Wildman–Crippen MR) is 149 cm³/mol. The molecule has 0 radical (unpaired) electrons. The first-order valence-corrected chi connectivity index (χ1v) is 12.9. The third-order valence-electron chi connectivity index (χ3n) is 5.75. The topological polar surface area (TPSA) is 77.1 Å². The summed E-state index contributed by atoms with van der Waals surface area (Å²) in [7, 11) is 3.06. The van der Waals surface area contributed by atoms with Gasteiger partial charge in [0.2, 0.25) is 5.91 Å². The monoisotopic (exact) mass is 558 g/mol. The summed E-state index contributed by atoms with van der Waals surface area (Å²) in [5.41, 5.74) is 1.57. The molecule has 0 spiro atoms. The summed E-state index contributed by atoms with van der Waals surface area (Å²) in [6, 6.07) is 18.7. The van der Waals surface area contributed by atoms with Gasteiger partial charge in [0.1, 0.15) is 23.3 Å². The number of benzene rings is 3. The molecule has 0 bridgehead atoms. The van der Waals surface area contributed by atoms with Gasteiger partial charge in [-0.2, -0.15) is 0 Å². The van der Waals surface area contributed by atoms with E-state index in [2.05, 4.69) is 5.32 Å². The van der Waals surface area contributed by atoms with Gasteiger partial charge in [0.25, 0.3) is 5.91 Å². The van der Waals surface area contributed by atoms with Crippen molar-refractivity contribution in [2.24, 2.45) is 0 Å². The van der Waals surface area contributed by atoms with Crippen LogP contribution in [0.15, 0.2) is 66.7 Å². The van der Waals surface area contributed by atoms with Gasteiger partial charge in [-0.15, -0.1) is 0 Å². The molecule has 7 nitrogen and oxygen atoms in total. The number of nitrogens with zero attached hydrogens (tertiary/aromatic N) is 1. The molecule has 0 fully saturated rings. The Bertz CT molecular complexity index is 1210. The summed E-state index contributed by atoms with van der Waals surface area (Å²) in [5, 5.41) is 3.83. The minimum Gasteiger partial charge on any atom is -0.496 e. The molecule has 0 aliphatic carbocycles. The smallest absolute Gasteiger partial charge is 0.261 e. The lowest BCUT2D eigenvalue weighted by molar-refractivity contribution is -0.143. The Labute approximate surface area is 233 Å². The van der Waals surface area contributed by atoms with Crippen LogP contribution in [0.4, 0.5) is 0 Å². The lowest BCUT2D eigenvalue weighted by atomic mass is 10.0. The molecule has 2 amide bonds. The average Bonchev–Trinajstić information content (AvgIpc) is 2.90. The van der Waals surface area contributed by atoms with Crippen molar-refractivity contribution in [1.29, 1.82) is 0 Å². The molecular formula is C29H32Cl2N2O5. The second kappa shape index (κ2) is 13.9. The molecule has 1 atom stereocenters. The highest BCUT2D eigenvalue weighted by Gasteiger charge is 2.31. The van der Waals surface area contributed by atoms with E-state index in [1.807, 2.05) is 44.2 Å². The third-order valence-corrected chi connectivity index (χ3v) is 6.33. The quantitative estimate of drug-likeness (QED) is 0.315. The standard InChI is InChI=1S/C29H32Cl2N2O5/c1-19(2)32-29(35)27(12-20-8-6-5-7-9-20)33(17-21-10-11-22(30)13-26(21)31)28(34)18-38-25-15-23(36-3)14-24(16-25)37-4/h5-11,13-16,19,27H,12,17-18H2,1-4H3,(H,32,35). The Balaban J connectivity index is 1.95. The Morgan fingerprint density at radius 3 is 2.11 bits per heavy atom. The Morgan fingerprint density at radius 2 is 1.53 bits per heavy atom. The van der Waals surface area contributed by atoms with E-state index in [0.29, 0.717) is 39.3 Å². The van der Waals surface area contributed by atoms with Crippen molar-refractivity contribution in [2.45, 2.75) is 38.9 Å². The maximum atomic E-state index is 13.7. The molecule has 0 saturated heterocycles. The SMILES string of the molecule is COc1cc(OC)cc(OCC(=O)N(Cc2ccc(Cl)cc2Cl)C(Cc2ccccc2)C(=O)NC(C)C)c1. The van der Waals surface area contributed by atoms with Crippen LogP contribution < -0.4 is 19.5 Å². The molecule has 1 unspecified atom stereocenters. The molecule has 0 heterocycles. The van der Waals surface area contributed by atoms with Crippen LogP contribution in [0.2, 0.25) is 10.0 Å². The van der Waals surface area contributed by atoms with Crippen molar-refractivity contribution in [3.63, 3.8) is 0 Å². The Morgan fingerprint density at radius 1 is 0.895 bits per heavy atom. The van der Waals surface area contributed by atoms with Crippen molar-refractivity contribution in [3.8, 4) is 17.2 Å². The average molecular weight is 559 g/mol.